The first kappa shape index (κ1) is 14.3. The minimum atomic E-state index is -0.717. The van der Waals surface area contributed by atoms with E-state index in [2.05, 4.69) is 5.32 Å². The molecule has 22 heavy (non-hydrogen) atoms. The van der Waals surface area contributed by atoms with Gasteiger partial charge in [0.15, 0.2) is 5.78 Å². The lowest BCUT2D eigenvalue weighted by Gasteiger charge is -2.06. The van der Waals surface area contributed by atoms with E-state index in [1.165, 1.54) is 6.07 Å². The average molecular weight is 300 g/mol. The minimum absolute atomic E-state index is 0.0590. The van der Waals surface area contributed by atoms with Crippen LogP contribution in [-0.2, 0) is 7.05 Å². The maximum Gasteiger partial charge on any atom is 0.184 e. The molecule has 0 aliphatic rings. The van der Waals surface area contributed by atoms with Gasteiger partial charge in [-0.15, -0.1) is 0 Å². The summed E-state index contributed by atoms with van der Waals surface area (Å²) in [5, 5.41) is 3.57. The van der Waals surface area contributed by atoms with Gasteiger partial charge in [-0.3, -0.25) is 4.79 Å². The van der Waals surface area contributed by atoms with Gasteiger partial charge in [-0.2, -0.15) is 0 Å². The molecule has 1 heterocycles. The van der Waals surface area contributed by atoms with Gasteiger partial charge in [-0.1, -0.05) is 18.2 Å². The fraction of sp³-hybridized carbons (Fsp3) is 0.118. The zero-order valence-corrected chi connectivity index (χ0v) is 11.9. The van der Waals surface area contributed by atoms with E-state index >= 15 is 0 Å². The zero-order valence-electron chi connectivity index (χ0n) is 11.9. The number of hydrogen-bond acceptors (Lipinski definition) is 2. The number of aromatic nitrogens is 1. The third-order valence-electron chi connectivity index (χ3n) is 3.57. The van der Waals surface area contributed by atoms with Gasteiger partial charge in [0.2, 0.25) is 0 Å². The number of nitrogens with zero attached hydrogens (tertiary/aromatic N) is 1. The molecular weight excluding hydrogens is 286 g/mol. The second-order valence-corrected chi connectivity index (χ2v) is 5.07. The number of hydrogen-bond donors (Lipinski definition) is 1. The summed E-state index contributed by atoms with van der Waals surface area (Å²) < 4.78 is 28.3. The van der Waals surface area contributed by atoms with Crippen LogP contribution in [0.1, 0.15) is 10.4 Å². The van der Waals surface area contributed by atoms with Crippen molar-refractivity contribution in [3.8, 4) is 0 Å². The van der Waals surface area contributed by atoms with Crippen molar-refractivity contribution >= 4 is 22.4 Å². The van der Waals surface area contributed by atoms with E-state index in [-0.39, 0.29) is 18.0 Å². The number of anilines is 1. The van der Waals surface area contributed by atoms with Crippen LogP contribution in [0.2, 0.25) is 0 Å². The molecule has 0 aliphatic heterocycles. The number of benzene rings is 2. The molecule has 0 spiro atoms. The van der Waals surface area contributed by atoms with Crippen molar-refractivity contribution in [2.24, 2.45) is 7.05 Å². The number of Topliss-reactive ketones (excluding diaryl/α,β-unsaturated/α-hetero) is 1. The smallest absolute Gasteiger partial charge is 0.184 e. The zero-order chi connectivity index (χ0) is 15.7. The standard InChI is InChI=1S/C17H14F2N2O/c1-21-10-13(12-4-2-3-5-16(12)21)17(22)9-20-15-7-6-11(18)8-14(15)19/h2-8,10,20H,9H2,1H3. The monoisotopic (exact) mass is 300 g/mol. The van der Waals surface area contributed by atoms with Crippen LogP contribution in [0, 0.1) is 11.6 Å². The van der Waals surface area contributed by atoms with E-state index in [4.69, 9.17) is 0 Å². The highest BCUT2D eigenvalue weighted by Gasteiger charge is 2.14. The van der Waals surface area contributed by atoms with Gasteiger partial charge >= 0.3 is 0 Å². The summed E-state index contributed by atoms with van der Waals surface area (Å²) in [6, 6.07) is 10.8. The van der Waals surface area contributed by atoms with Crippen molar-refractivity contribution in [2.75, 3.05) is 11.9 Å². The maximum absolute atomic E-state index is 13.5. The molecule has 0 fully saturated rings. The molecule has 3 aromatic rings. The number of para-hydroxylation sites is 1. The van der Waals surface area contributed by atoms with Gasteiger partial charge in [0.05, 0.1) is 12.2 Å². The van der Waals surface area contributed by atoms with Gasteiger partial charge in [0.25, 0.3) is 0 Å². The van der Waals surface area contributed by atoms with Crippen LogP contribution in [0.4, 0.5) is 14.5 Å². The number of fused-ring (bicyclic) bond motifs is 1. The lowest BCUT2D eigenvalue weighted by molar-refractivity contribution is 0.101. The Bertz CT molecular complexity index is 855. The second-order valence-electron chi connectivity index (χ2n) is 5.07. The van der Waals surface area contributed by atoms with Gasteiger partial charge in [0.1, 0.15) is 11.6 Å². The number of rotatable bonds is 4. The Kier molecular flexibility index (Phi) is 3.63. The SMILES string of the molecule is Cn1cc(C(=O)CNc2ccc(F)cc2F)c2ccccc21. The Morgan fingerprint density at radius 2 is 1.95 bits per heavy atom. The summed E-state index contributed by atoms with van der Waals surface area (Å²) in [6.45, 7) is -0.0590. The Morgan fingerprint density at radius 1 is 1.18 bits per heavy atom. The third-order valence-corrected chi connectivity index (χ3v) is 3.57. The van der Waals surface area contributed by atoms with Crippen molar-refractivity contribution in [3.63, 3.8) is 0 Å². The number of nitrogens with one attached hydrogen (secondary N) is 1. The van der Waals surface area contributed by atoms with Crippen molar-refractivity contribution in [3.05, 3.63) is 65.9 Å². The van der Waals surface area contributed by atoms with E-state index in [9.17, 15) is 13.6 Å². The molecule has 5 heteroatoms. The molecule has 2 aromatic carbocycles. The highest BCUT2D eigenvalue weighted by atomic mass is 19.1. The van der Waals surface area contributed by atoms with Gasteiger partial charge in [0, 0.05) is 35.8 Å². The predicted octanol–water partition coefficient (Wildman–Crippen LogP) is 3.75. The summed E-state index contributed by atoms with van der Waals surface area (Å²) in [5.41, 5.74) is 1.64. The molecule has 3 rings (SSSR count). The first-order valence-electron chi connectivity index (χ1n) is 6.82. The summed E-state index contributed by atoms with van der Waals surface area (Å²) >= 11 is 0. The average Bonchev–Trinajstić information content (AvgIpc) is 2.84. The summed E-state index contributed by atoms with van der Waals surface area (Å²) in [4.78, 5) is 12.4. The van der Waals surface area contributed by atoms with Gasteiger partial charge < -0.3 is 9.88 Å². The molecule has 0 atom stereocenters. The van der Waals surface area contributed by atoms with E-state index in [1.54, 1.807) is 6.20 Å². The van der Waals surface area contributed by atoms with E-state index in [0.717, 1.165) is 23.0 Å². The minimum Gasteiger partial charge on any atom is -0.375 e. The van der Waals surface area contributed by atoms with Crippen molar-refractivity contribution in [1.29, 1.82) is 0 Å². The normalized spacial score (nSPS) is 10.9. The third kappa shape index (κ3) is 2.57. The lowest BCUT2D eigenvalue weighted by atomic mass is 10.1. The quantitative estimate of drug-likeness (QED) is 0.745. The van der Waals surface area contributed by atoms with Gasteiger partial charge in [-0.05, 0) is 18.2 Å². The highest BCUT2D eigenvalue weighted by molar-refractivity contribution is 6.09. The lowest BCUT2D eigenvalue weighted by Crippen LogP contribution is -2.14. The number of carbonyl (C=O) groups is 1. The fourth-order valence-electron chi connectivity index (χ4n) is 2.47. The second kappa shape index (κ2) is 5.60. The molecular formula is C17H14F2N2O. The summed E-state index contributed by atoms with van der Waals surface area (Å²) in [6.07, 6.45) is 1.76. The van der Waals surface area contributed by atoms with Crippen LogP contribution in [0.15, 0.2) is 48.7 Å². The molecule has 0 unspecified atom stereocenters. The van der Waals surface area contributed by atoms with E-state index in [1.807, 2.05) is 35.9 Å². The Balaban J connectivity index is 1.82. The molecule has 0 bridgehead atoms. The molecule has 0 saturated heterocycles. The van der Waals surface area contributed by atoms with Crippen LogP contribution >= 0.6 is 0 Å². The number of halogens is 2. The Labute approximate surface area is 126 Å². The number of carbonyl (C=O) groups excluding carboxylic acids is 1. The van der Waals surface area contributed by atoms with Crippen LogP contribution in [0.3, 0.4) is 0 Å². The topological polar surface area (TPSA) is 34.0 Å². The van der Waals surface area contributed by atoms with Crippen LogP contribution < -0.4 is 5.32 Å². The van der Waals surface area contributed by atoms with E-state index < -0.39 is 11.6 Å². The molecule has 0 aliphatic carbocycles. The van der Waals surface area contributed by atoms with Crippen LogP contribution in [-0.4, -0.2) is 16.9 Å². The molecule has 3 nitrogen and oxygen atoms in total. The van der Waals surface area contributed by atoms with Crippen LogP contribution in [0.5, 0.6) is 0 Å². The molecule has 0 saturated carbocycles. The fourth-order valence-corrected chi connectivity index (χ4v) is 2.47. The van der Waals surface area contributed by atoms with Crippen molar-refractivity contribution < 1.29 is 13.6 Å². The van der Waals surface area contributed by atoms with Crippen molar-refractivity contribution in [2.45, 2.75) is 0 Å². The van der Waals surface area contributed by atoms with Crippen LogP contribution in [0.25, 0.3) is 10.9 Å². The first-order chi connectivity index (χ1) is 10.6. The maximum atomic E-state index is 13.5. The largest absolute Gasteiger partial charge is 0.375 e. The number of ketones is 1. The number of aryl methyl sites for hydroxylation is 1. The summed E-state index contributed by atoms with van der Waals surface area (Å²) in [5.74, 6) is -1.52. The molecule has 0 radical (unpaired) electrons. The molecule has 1 N–H and O–H groups in total. The molecule has 0 amide bonds. The van der Waals surface area contributed by atoms with Crippen molar-refractivity contribution in [1.82, 2.24) is 4.57 Å². The molecule has 112 valence electrons. The van der Waals surface area contributed by atoms with Gasteiger partial charge in [-0.25, -0.2) is 8.78 Å². The Morgan fingerprint density at radius 3 is 2.73 bits per heavy atom. The predicted molar refractivity (Wildman–Crippen MR) is 82.1 cm³/mol. The first-order valence-corrected chi connectivity index (χ1v) is 6.82. The highest BCUT2D eigenvalue weighted by Crippen LogP contribution is 2.21. The van der Waals surface area contributed by atoms with E-state index in [0.29, 0.717) is 5.56 Å². The Hall–Kier alpha value is -2.69. The summed E-state index contributed by atoms with van der Waals surface area (Å²) in [7, 11) is 1.87. The molecule has 1 aromatic heterocycles.